The van der Waals surface area contributed by atoms with Gasteiger partial charge < -0.3 is 4.74 Å². The Kier molecular flexibility index (Phi) is 7.57. The number of alkyl halides is 3. The molecule has 0 aliphatic heterocycles. The van der Waals surface area contributed by atoms with E-state index in [1.165, 1.54) is 19.9 Å². The molecule has 142 valence electrons. The highest BCUT2D eigenvalue weighted by atomic mass is 19.4. The van der Waals surface area contributed by atoms with Crippen molar-refractivity contribution in [3.05, 3.63) is 47.7 Å². The van der Waals surface area contributed by atoms with Crippen molar-refractivity contribution in [2.24, 2.45) is 4.99 Å². The number of nitrogens with zero attached hydrogens (tertiary/aromatic N) is 1. The molecule has 0 saturated carbocycles. The average Bonchev–Trinajstić information content (AvgIpc) is 2.59. The quantitative estimate of drug-likeness (QED) is 0.180. The van der Waals surface area contributed by atoms with Crippen LogP contribution in [0.25, 0.3) is 0 Å². The van der Waals surface area contributed by atoms with Gasteiger partial charge in [0.25, 0.3) is 0 Å². The molecule has 0 fully saturated rings. The highest BCUT2D eigenvalue weighted by molar-refractivity contribution is 5.96. The van der Waals surface area contributed by atoms with Crippen LogP contribution in [0.2, 0.25) is 0 Å². The van der Waals surface area contributed by atoms with Crippen molar-refractivity contribution in [3.8, 4) is 5.75 Å². The van der Waals surface area contributed by atoms with Gasteiger partial charge >= 0.3 is 12.1 Å². The first-order valence-corrected chi connectivity index (χ1v) is 7.91. The van der Waals surface area contributed by atoms with Gasteiger partial charge in [0.05, 0.1) is 11.3 Å². The van der Waals surface area contributed by atoms with Crippen LogP contribution in [0.5, 0.6) is 5.75 Å². The van der Waals surface area contributed by atoms with E-state index in [0.29, 0.717) is 6.42 Å². The van der Waals surface area contributed by atoms with E-state index in [0.717, 1.165) is 11.6 Å². The normalized spacial score (nSPS) is 13.1. The highest BCUT2D eigenvalue weighted by Gasteiger charge is 2.34. The number of carbonyl (C=O) groups excluding carboxylic acids is 1. The summed E-state index contributed by atoms with van der Waals surface area (Å²) >= 11 is 0. The number of allylic oxidation sites excluding steroid dienone is 1. The van der Waals surface area contributed by atoms with Crippen molar-refractivity contribution in [1.82, 2.24) is 0 Å². The zero-order chi connectivity index (χ0) is 19.9. The maximum Gasteiger partial charge on any atom is 0.429 e. The number of carbonyl (C=O) groups is 1. The first-order chi connectivity index (χ1) is 12.2. The number of anilines is 1. The van der Waals surface area contributed by atoms with Crippen LogP contribution in [-0.4, -0.2) is 23.1 Å². The molecule has 0 aliphatic carbocycles. The monoisotopic (exact) mass is 370 g/mol. The van der Waals surface area contributed by atoms with Crippen LogP contribution < -0.4 is 10.2 Å². The number of benzene rings is 1. The van der Waals surface area contributed by atoms with Crippen molar-refractivity contribution in [2.45, 2.75) is 39.8 Å². The van der Waals surface area contributed by atoms with E-state index >= 15 is 0 Å². The van der Waals surface area contributed by atoms with Crippen molar-refractivity contribution in [2.75, 3.05) is 5.48 Å². The van der Waals surface area contributed by atoms with Gasteiger partial charge in [0.1, 0.15) is 11.4 Å². The molecule has 0 unspecified atom stereocenters. The molecule has 2 N–H and O–H groups in total. The van der Waals surface area contributed by atoms with Crippen molar-refractivity contribution >= 4 is 17.4 Å². The molecule has 0 heterocycles. The highest BCUT2D eigenvalue weighted by Crippen LogP contribution is 2.27. The van der Waals surface area contributed by atoms with E-state index in [2.05, 4.69) is 11.6 Å². The minimum absolute atomic E-state index is 0.0412. The fraction of sp³-hybridized carbons (Fsp3) is 0.333. The van der Waals surface area contributed by atoms with Crippen LogP contribution in [0.3, 0.4) is 0 Å². The Bertz CT molecular complexity index is 738. The van der Waals surface area contributed by atoms with Crippen LogP contribution in [-0.2, 0) is 11.2 Å². The largest absolute Gasteiger partial charge is 0.429 e. The van der Waals surface area contributed by atoms with Crippen molar-refractivity contribution in [3.63, 3.8) is 0 Å². The van der Waals surface area contributed by atoms with Gasteiger partial charge in [-0.2, -0.15) is 13.2 Å². The van der Waals surface area contributed by atoms with E-state index in [-0.39, 0.29) is 29.1 Å². The molecule has 0 aliphatic rings. The van der Waals surface area contributed by atoms with Gasteiger partial charge in [0, 0.05) is 0 Å². The number of nitrogens with one attached hydrogen (secondary N) is 1. The fourth-order valence-electron chi connectivity index (χ4n) is 2.10. The molecule has 1 aromatic rings. The minimum Gasteiger partial charge on any atom is -0.421 e. The molecule has 8 heteroatoms. The van der Waals surface area contributed by atoms with E-state index < -0.39 is 17.9 Å². The van der Waals surface area contributed by atoms with Crippen molar-refractivity contribution < 1.29 is 27.9 Å². The van der Waals surface area contributed by atoms with Gasteiger partial charge in [0.15, 0.2) is 5.75 Å². The fourth-order valence-corrected chi connectivity index (χ4v) is 2.10. The number of halogens is 3. The molecule has 0 atom stereocenters. The Morgan fingerprint density at radius 3 is 2.50 bits per heavy atom. The molecule has 5 nitrogen and oxygen atoms in total. The molecule has 1 aromatic carbocycles. The first kappa shape index (κ1) is 21.4. The van der Waals surface area contributed by atoms with E-state index in [1.807, 2.05) is 12.4 Å². The number of aryl methyl sites for hydroxylation is 1. The van der Waals surface area contributed by atoms with Gasteiger partial charge in [-0.05, 0) is 37.5 Å². The van der Waals surface area contributed by atoms with Gasteiger partial charge in [-0.3, -0.25) is 15.7 Å². The number of hydrogen-bond acceptors (Lipinski definition) is 5. The molecule has 0 bridgehead atoms. The number of esters is 1. The Hall–Kier alpha value is -2.61. The van der Waals surface area contributed by atoms with Crippen LogP contribution in [0.1, 0.15) is 32.8 Å². The molecule has 0 amide bonds. The summed E-state index contributed by atoms with van der Waals surface area (Å²) in [6, 6.07) is 4.79. The second kappa shape index (κ2) is 9.19. The number of rotatable bonds is 7. The van der Waals surface area contributed by atoms with Crippen LogP contribution >= 0.6 is 0 Å². The lowest BCUT2D eigenvalue weighted by Crippen LogP contribution is -2.22. The van der Waals surface area contributed by atoms with Gasteiger partial charge in [-0.25, -0.2) is 4.79 Å². The maximum absolute atomic E-state index is 12.8. The second-order valence-electron chi connectivity index (χ2n) is 5.30. The molecule has 1 rings (SSSR count). The topological polar surface area (TPSA) is 70.9 Å². The first-order valence-electron chi connectivity index (χ1n) is 7.91. The molecule has 0 radical (unpaired) electrons. The van der Waals surface area contributed by atoms with Gasteiger partial charge in [-0.15, -0.1) is 0 Å². The summed E-state index contributed by atoms with van der Waals surface area (Å²) in [6.45, 7) is 7.93. The second-order valence-corrected chi connectivity index (χ2v) is 5.30. The van der Waals surface area contributed by atoms with E-state index in [9.17, 15) is 18.0 Å². The minimum atomic E-state index is -4.59. The van der Waals surface area contributed by atoms with Gasteiger partial charge in [0.2, 0.25) is 0 Å². The zero-order valence-electron chi connectivity index (χ0n) is 14.8. The molecule has 26 heavy (non-hydrogen) atoms. The molecular weight excluding hydrogens is 349 g/mol. The summed E-state index contributed by atoms with van der Waals surface area (Å²) in [5, 5.41) is 9.12. The number of aliphatic imine (C=N–C) groups is 1. The summed E-state index contributed by atoms with van der Waals surface area (Å²) in [5.41, 5.74) is 1.52. The smallest absolute Gasteiger partial charge is 0.421 e. The molecular formula is C18H21F3N2O3. The zero-order valence-corrected chi connectivity index (χ0v) is 14.8. The third-order valence-corrected chi connectivity index (χ3v) is 3.56. The Morgan fingerprint density at radius 2 is 2.04 bits per heavy atom. The summed E-state index contributed by atoms with van der Waals surface area (Å²) in [4.78, 5) is 15.9. The summed E-state index contributed by atoms with van der Waals surface area (Å²) < 4.78 is 43.8. The summed E-state index contributed by atoms with van der Waals surface area (Å²) in [5.74, 6) is -0.886. The predicted octanol–water partition coefficient (Wildman–Crippen LogP) is 4.83. The van der Waals surface area contributed by atoms with Crippen LogP contribution in [0, 0.1) is 0 Å². The standard InChI is InChI=1S/C18H21F3N2O3/c1-5-12-8-9-14(23-25)15(10-12)26-17(24)13(6-2)11(4)22-16(7-3)18(19,20)21/h6,8-10,23,25H,2,5,7H2,1,3-4H3/b13-11+,22-16?. The van der Waals surface area contributed by atoms with Gasteiger partial charge in [-0.1, -0.05) is 32.6 Å². The number of ether oxygens (including phenoxy) is 1. The Morgan fingerprint density at radius 1 is 1.38 bits per heavy atom. The predicted molar refractivity (Wildman–Crippen MR) is 93.5 cm³/mol. The Labute approximate surface area is 149 Å². The lowest BCUT2D eigenvalue weighted by atomic mass is 10.1. The van der Waals surface area contributed by atoms with Crippen LogP contribution in [0.4, 0.5) is 18.9 Å². The van der Waals surface area contributed by atoms with E-state index in [4.69, 9.17) is 9.94 Å². The van der Waals surface area contributed by atoms with Crippen molar-refractivity contribution in [1.29, 1.82) is 0 Å². The molecule has 0 saturated heterocycles. The third-order valence-electron chi connectivity index (χ3n) is 3.56. The number of hydrogen-bond donors (Lipinski definition) is 2. The lowest BCUT2D eigenvalue weighted by molar-refractivity contribution is -0.129. The average molecular weight is 370 g/mol. The molecule has 0 spiro atoms. The maximum atomic E-state index is 12.8. The summed E-state index contributed by atoms with van der Waals surface area (Å²) in [6.07, 6.45) is -3.18. The SMILES string of the molecule is C=C/C(C(=O)Oc1cc(CC)ccc1NO)=C(/C)N=C(CC)C(F)(F)F. The Balaban J connectivity index is 3.24. The third kappa shape index (κ3) is 5.45. The van der Waals surface area contributed by atoms with E-state index in [1.54, 1.807) is 12.1 Å². The lowest BCUT2D eigenvalue weighted by Gasteiger charge is -2.12. The van der Waals surface area contributed by atoms with Crippen LogP contribution in [0.15, 0.2) is 47.1 Å². The molecule has 0 aromatic heterocycles. The summed E-state index contributed by atoms with van der Waals surface area (Å²) in [7, 11) is 0.